The molecule has 5 aromatic rings. The van der Waals surface area contributed by atoms with E-state index in [4.69, 9.17) is 23.9 Å². The molecule has 71 heavy (non-hydrogen) atoms. The van der Waals surface area contributed by atoms with E-state index < -0.39 is 37.5 Å². The quantitative estimate of drug-likeness (QED) is 0.0895. The number of piperidine rings is 1. The number of pyridine rings is 1. The van der Waals surface area contributed by atoms with Crippen molar-refractivity contribution in [2.24, 2.45) is 5.41 Å². The van der Waals surface area contributed by atoms with Crippen molar-refractivity contribution in [3.05, 3.63) is 99.7 Å². The smallest absolute Gasteiger partial charge is 0.297 e. The maximum atomic E-state index is 14.7. The molecule has 7 aliphatic rings. The van der Waals surface area contributed by atoms with Crippen molar-refractivity contribution in [2.75, 3.05) is 87.4 Å². The number of amides is 1. The standard InChI is InChI=1S/C52H61N9O9S/c1-32(2)38-6-3-4-7-39(38)41-8-5-15-59(41)36-26-52(27-36)12-16-58(17-13-52)35-9-10-40(42(23-35)60-44-22-33-11-14-53-49(33)55-51(44)70-47-31-68-30-45(47)60)50(62)56-71(65,66)37-24-43(61(63)64)48-46(25-37)69-29-34(54-48)28-57-18-20-67-21-19-57/h3-4,6-7,9-11,14,22-25,32,34,36,41,45,47,54H,5,8,12-13,15-21,26-31H2,1-2H3,(H,53,55)(H,56,62)/t34-,41-,45-,47-/m0/s1. The largest absolute Gasteiger partial charge is 0.489 e. The number of likely N-dealkylation sites (tertiary alicyclic amines) is 1. The Bertz CT molecular complexity index is 2980. The highest BCUT2D eigenvalue weighted by Gasteiger charge is 2.50. The van der Waals surface area contributed by atoms with E-state index in [1.54, 1.807) is 12.3 Å². The van der Waals surface area contributed by atoms with Crippen LogP contribution in [0.5, 0.6) is 11.6 Å². The van der Waals surface area contributed by atoms with Gasteiger partial charge in [0, 0.05) is 74.2 Å². The third-order valence-corrected chi connectivity index (χ3v) is 17.6. The first kappa shape index (κ1) is 46.1. The van der Waals surface area contributed by atoms with Crippen molar-refractivity contribution in [1.82, 2.24) is 24.5 Å². The number of morpholine rings is 1. The number of hydrogen-bond donors (Lipinski definition) is 3. The summed E-state index contributed by atoms with van der Waals surface area (Å²) in [5, 5.41) is 16.6. The fourth-order valence-electron chi connectivity index (χ4n) is 12.6. The number of aromatic amines is 1. The first-order chi connectivity index (χ1) is 34.4. The normalized spacial score (nSPS) is 24.4. The molecule has 4 saturated heterocycles. The van der Waals surface area contributed by atoms with E-state index in [9.17, 15) is 23.3 Å². The van der Waals surface area contributed by atoms with Crippen molar-refractivity contribution >= 4 is 55.4 Å². The third kappa shape index (κ3) is 8.52. The van der Waals surface area contributed by atoms with Gasteiger partial charge >= 0.3 is 0 Å². The van der Waals surface area contributed by atoms with Crippen molar-refractivity contribution in [1.29, 1.82) is 0 Å². The molecule has 4 atom stereocenters. The zero-order valence-electron chi connectivity index (χ0n) is 40.2. The van der Waals surface area contributed by atoms with E-state index in [1.165, 1.54) is 42.9 Å². The van der Waals surface area contributed by atoms with E-state index in [0.717, 1.165) is 62.7 Å². The number of carbonyl (C=O) groups excluding carboxylic acids is 1. The molecule has 3 aromatic carbocycles. The topological polar surface area (TPSA) is 197 Å². The molecular weight excluding hydrogens is 927 g/mol. The number of hydrogen-bond acceptors (Lipinski definition) is 15. The number of nitro benzene ring substituents is 1. The lowest BCUT2D eigenvalue weighted by molar-refractivity contribution is -0.384. The van der Waals surface area contributed by atoms with Crippen LogP contribution in [-0.4, -0.2) is 136 Å². The molecule has 0 unspecified atom stereocenters. The van der Waals surface area contributed by atoms with Crippen molar-refractivity contribution < 1.29 is 37.1 Å². The van der Waals surface area contributed by atoms with Gasteiger partial charge in [-0.1, -0.05) is 38.1 Å². The molecule has 1 saturated carbocycles. The fraction of sp³-hybridized carbons (Fsp3) is 0.500. The summed E-state index contributed by atoms with van der Waals surface area (Å²) in [7, 11) is -4.69. The molecule has 2 aromatic heterocycles. The number of carbonyl (C=O) groups is 1. The van der Waals surface area contributed by atoms with E-state index in [0.29, 0.717) is 73.9 Å². The molecule has 8 heterocycles. The molecule has 5 fully saturated rings. The Kier molecular flexibility index (Phi) is 11.8. The van der Waals surface area contributed by atoms with Gasteiger partial charge < -0.3 is 39.0 Å². The van der Waals surface area contributed by atoms with Gasteiger partial charge in [0.1, 0.15) is 24.0 Å². The number of benzene rings is 3. The average Bonchev–Trinajstić information content (AvgIpc) is 4.16. The summed E-state index contributed by atoms with van der Waals surface area (Å²) in [6.07, 6.45) is 8.31. The number of nitrogens with zero attached hydrogens (tertiary/aromatic N) is 6. The summed E-state index contributed by atoms with van der Waals surface area (Å²) in [4.78, 5) is 43.5. The van der Waals surface area contributed by atoms with E-state index in [2.05, 4.69) is 67.8 Å². The Morgan fingerprint density at radius 1 is 0.958 bits per heavy atom. The molecule has 1 spiro atoms. The summed E-state index contributed by atoms with van der Waals surface area (Å²) in [6, 6.07) is 21.1. The van der Waals surface area contributed by atoms with E-state index in [1.807, 2.05) is 29.2 Å². The van der Waals surface area contributed by atoms with Crippen molar-refractivity contribution in [3.8, 4) is 11.6 Å². The molecule has 1 amide bonds. The Hall–Kier alpha value is -5.99. The number of nitro groups is 1. The molecule has 0 radical (unpaired) electrons. The van der Waals surface area contributed by atoms with Gasteiger partial charge in [0.15, 0.2) is 11.4 Å². The summed E-state index contributed by atoms with van der Waals surface area (Å²) in [5.74, 6) is -0.0278. The van der Waals surface area contributed by atoms with Crippen LogP contribution in [0, 0.1) is 15.5 Å². The predicted octanol–water partition coefficient (Wildman–Crippen LogP) is 7.10. The lowest BCUT2D eigenvalue weighted by Crippen LogP contribution is -2.55. The van der Waals surface area contributed by atoms with E-state index in [-0.39, 0.29) is 41.1 Å². The van der Waals surface area contributed by atoms with Gasteiger partial charge in [-0.05, 0) is 97.9 Å². The number of nitrogens with one attached hydrogen (secondary N) is 3. The van der Waals surface area contributed by atoms with Gasteiger partial charge in [-0.2, -0.15) is 4.98 Å². The van der Waals surface area contributed by atoms with Crippen LogP contribution in [0.1, 0.15) is 85.8 Å². The zero-order chi connectivity index (χ0) is 48.6. The number of aromatic nitrogens is 2. The lowest BCUT2D eigenvalue weighted by Gasteiger charge is -2.56. The zero-order valence-corrected chi connectivity index (χ0v) is 41.0. The van der Waals surface area contributed by atoms with Gasteiger partial charge in [0.2, 0.25) is 5.88 Å². The minimum Gasteiger partial charge on any atom is -0.489 e. The predicted molar refractivity (Wildman–Crippen MR) is 268 cm³/mol. The molecule has 18 nitrogen and oxygen atoms in total. The molecule has 0 bridgehead atoms. The van der Waals surface area contributed by atoms with Crippen LogP contribution >= 0.6 is 0 Å². The minimum atomic E-state index is -4.69. The molecule has 19 heteroatoms. The molecule has 1 aliphatic carbocycles. The Morgan fingerprint density at radius 3 is 2.58 bits per heavy atom. The number of rotatable bonds is 11. The van der Waals surface area contributed by atoms with Crippen LogP contribution in [0.2, 0.25) is 0 Å². The number of anilines is 4. The fourth-order valence-corrected chi connectivity index (χ4v) is 13.6. The maximum absolute atomic E-state index is 14.7. The Morgan fingerprint density at radius 2 is 1.77 bits per heavy atom. The van der Waals surface area contributed by atoms with Crippen molar-refractivity contribution in [3.63, 3.8) is 0 Å². The molecule has 6 aliphatic heterocycles. The second kappa shape index (κ2) is 18.2. The van der Waals surface area contributed by atoms with Crippen LogP contribution in [-0.2, 0) is 19.5 Å². The van der Waals surface area contributed by atoms with E-state index >= 15 is 0 Å². The van der Waals surface area contributed by atoms with Gasteiger partial charge in [-0.15, -0.1) is 0 Å². The minimum absolute atomic E-state index is 0.0180. The van der Waals surface area contributed by atoms with Gasteiger partial charge in [-0.25, -0.2) is 13.1 Å². The maximum Gasteiger partial charge on any atom is 0.297 e. The van der Waals surface area contributed by atoms with Crippen LogP contribution in [0.3, 0.4) is 0 Å². The summed E-state index contributed by atoms with van der Waals surface area (Å²) in [6.45, 7) is 11.4. The monoisotopic (exact) mass is 987 g/mol. The first-order valence-corrected chi connectivity index (χ1v) is 26.7. The average molecular weight is 988 g/mol. The Balaban J connectivity index is 0.823. The van der Waals surface area contributed by atoms with Gasteiger partial charge in [0.25, 0.3) is 21.6 Å². The highest BCUT2D eigenvalue weighted by molar-refractivity contribution is 7.90. The van der Waals surface area contributed by atoms with Gasteiger partial charge in [0.05, 0.1) is 59.6 Å². The highest BCUT2D eigenvalue weighted by atomic mass is 32.2. The molecular formula is C52H61N9O9S. The number of ether oxygens (including phenoxy) is 4. The first-order valence-electron chi connectivity index (χ1n) is 25.2. The SMILES string of the molecule is CC(C)c1ccccc1[C@@H]1CCCN1C1CC2(CCN(c3ccc(C(=O)NS(=O)(=O)c4cc5c(c([N+](=O)[O-])c4)N[C@@H](CN4CCOCC4)CO5)c(N4c5cc6cc[nH]c6nc5O[C@H]5COC[C@@H]54)c3)CC2)C1. The summed E-state index contributed by atoms with van der Waals surface area (Å²) >= 11 is 0. The number of sulfonamides is 1. The van der Waals surface area contributed by atoms with Crippen LogP contribution in [0.25, 0.3) is 11.0 Å². The molecule has 374 valence electrons. The third-order valence-electron chi connectivity index (χ3n) is 16.2. The number of fused-ring (bicyclic) bond motifs is 4. The molecule has 3 N–H and O–H groups in total. The second-order valence-electron chi connectivity index (χ2n) is 20.9. The number of H-pyrrole nitrogens is 1. The van der Waals surface area contributed by atoms with Gasteiger partial charge in [-0.3, -0.25) is 24.7 Å². The van der Waals surface area contributed by atoms with Crippen molar-refractivity contribution in [2.45, 2.75) is 93.5 Å². The van der Waals surface area contributed by atoms with Crippen LogP contribution in [0.15, 0.2) is 77.8 Å². The second-order valence-corrected chi connectivity index (χ2v) is 22.5. The highest BCUT2D eigenvalue weighted by Crippen LogP contribution is 2.55. The summed E-state index contributed by atoms with van der Waals surface area (Å²) < 4.78 is 54.8. The molecule has 12 rings (SSSR count). The Labute approximate surface area is 413 Å². The lowest BCUT2D eigenvalue weighted by atomic mass is 9.59. The van der Waals surface area contributed by atoms with Crippen LogP contribution < -0.4 is 29.3 Å². The van der Waals surface area contributed by atoms with Crippen LogP contribution in [0.4, 0.5) is 28.4 Å². The summed E-state index contributed by atoms with van der Waals surface area (Å²) in [5.41, 5.74) is 5.61.